The Labute approximate surface area is 318 Å². The molecule has 3 heterocycles. The molecule has 0 aromatic heterocycles. The van der Waals surface area contributed by atoms with Gasteiger partial charge in [-0.3, -0.25) is 19.7 Å². The SMILES string of the molecule is COc1ccc([Si](C)(C)[C@H]2[C@H](CC(=O)N3Cc4ccccc4C[C@H]3CO)O[C@@]3(C(=O)N(Cc4ccc(I)cc4)c4ccc([N+](=O)[O-])cc43)[C@@H]2C)cc1. The molecule has 1 saturated heterocycles. The maximum atomic E-state index is 15.1. The second-order valence-corrected chi connectivity index (χ2v) is 20.6. The van der Waals surface area contributed by atoms with Crippen molar-refractivity contribution < 1.29 is 29.1 Å². The Bertz CT molecular complexity index is 2020. The van der Waals surface area contributed by atoms with E-state index >= 15 is 4.79 Å². The molecule has 0 saturated carbocycles. The van der Waals surface area contributed by atoms with E-state index in [9.17, 15) is 20.0 Å². The lowest BCUT2D eigenvalue weighted by atomic mass is 9.82. The maximum absolute atomic E-state index is 15.1. The van der Waals surface area contributed by atoms with Crippen molar-refractivity contribution in [3.05, 3.63) is 127 Å². The number of hydrogen-bond donors (Lipinski definition) is 1. The van der Waals surface area contributed by atoms with Gasteiger partial charge in [0.1, 0.15) is 5.75 Å². The topological polar surface area (TPSA) is 122 Å². The number of hydrogen-bond acceptors (Lipinski definition) is 7. The highest BCUT2D eigenvalue weighted by molar-refractivity contribution is 14.1. The zero-order valence-corrected chi connectivity index (χ0v) is 32.8. The monoisotopic (exact) mass is 831 g/mol. The van der Waals surface area contributed by atoms with Gasteiger partial charge in [0.25, 0.3) is 11.6 Å². The zero-order valence-electron chi connectivity index (χ0n) is 29.6. The molecule has 1 N–H and O–H groups in total. The van der Waals surface area contributed by atoms with Crippen molar-refractivity contribution in [3.63, 3.8) is 0 Å². The van der Waals surface area contributed by atoms with Crippen LogP contribution in [-0.4, -0.2) is 60.7 Å². The van der Waals surface area contributed by atoms with E-state index < -0.39 is 30.6 Å². The number of aliphatic hydroxyl groups excluding tert-OH is 1. The van der Waals surface area contributed by atoms with Crippen molar-refractivity contribution in [1.29, 1.82) is 0 Å². The van der Waals surface area contributed by atoms with Crippen molar-refractivity contribution in [2.75, 3.05) is 18.6 Å². The molecule has 52 heavy (non-hydrogen) atoms. The van der Waals surface area contributed by atoms with E-state index in [4.69, 9.17) is 9.47 Å². The summed E-state index contributed by atoms with van der Waals surface area (Å²) in [5.74, 6) is -0.160. The van der Waals surface area contributed by atoms with Gasteiger partial charge in [-0.15, -0.1) is 0 Å². The van der Waals surface area contributed by atoms with Crippen LogP contribution in [0.3, 0.4) is 0 Å². The molecule has 0 unspecified atom stereocenters. The summed E-state index contributed by atoms with van der Waals surface area (Å²) in [5, 5.41) is 23.7. The first-order valence-corrected chi connectivity index (χ1v) is 21.7. The van der Waals surface area contributed by atoms with Gasteiger partial charge in [-0.05, 0) is 81.6 Å². The van der Waals surface area contributed by atoms with E-state index in [2.05, 4.69) is 47.8 Å². The second kappa shape index (κ2) is 14.0. The molecule has 3 aliphatic rings. The highest BCUT2D eigenvalue weighted by atomic mass is 127. The average Bonchev–Trinajstić information content (AvgIpc) is 3.57. The number of carbonyl (C=O) groups excluding carboxylic acids is 2. The lowest BCUT2D eigenvalue weighted by molar-refractivity contribution is -0.385. The summed E-state index contributed by atoms with van der Waals surface area (Å²) in [6.45, 7) is 6.94. The van der Waals surface area contributed by atoms with E-state index in [1.54, 1.807) is 23.0 Å². The van der Waals surface area contributed by atoms with Gasteiger partial charge >= 0.3 is 0 Å². The summed E-state index contributed by atoms with van der Waals surface area (Å²) in [5.41, 5.74) is 2.18. The Morgan fingerprint density at radius 1 is 1.06 bits per heavy atom. The highest BCUT2D eigenvalue weighted by Gasteiger charge is 2.67. The Morgan fingerprint density at radius 3 is 2.40 bits per heavy atom. The van der Waals surface area contributed by atoms with Crippen molar-refractivity contribution >= 4 is 59.0 Å². The maximum Gasteiger partial charge on any atom is 0.269 e. The van der Waals surface area contributed by atoms with Crippen LogP contribution in [0, 0.1) is 19.6 Å². The molecule has 1 spiro atoms. The van der Waals surface area contributed by atoms with Crippen LogP contribution in [0.2, 0.25) is 18.6 Å². The fraction of sp³-hybridized carbons (Fsp3) is 0.350. The Morgan fingerprint density at radius 2 is 1.75 bits per heavy atom. The zero-order chi connectivity index (χ0) is 36.9. The number of amides is 2. The fourth-order valence-electron chi connectivity index (χ4n) is 8.88. The number of rotatable bonds is 9. The van der Waals surface area contributed by atoms with Gasteiger partial charge in [-0.1, -0.05) is 73.7 Å². The minimum absolute atomic E-state index is 0.00330. The van der Waals surface area contributed by atoms with Gasteiger partial charge in [-0.2, -0.15) is 0 Å². The van der Waals surface area contributed by atoms with Gasteiger partial charge in [0.2, 0.25) is 5.91 Å². The molecule has 3 aliphatic heterocycles. The van der Waals surface area contributed by atoms with Crippen LogP contribution >= 0.6 is 22.6 Å². The molecular weight excluding hydrogens is 789 g/mol. The molecule has 0 bridgehead atoms. The van der Waals surface area contributed by atoms with Crippen LogP contribution in [0.5, 0.6) is 5.75 Å². The summed E-state index contributed by atoms with van der Waals surface area (Å²) in [4.78, 5) is 44.7. The summed E-state index contributed by atoms with van der Waals surface area (Å²) in [6, 6.07) is 28.1. The molecular formula is C40H42IN3O7Si. The number of anilines is 1. The third-order valence-electron chi connectivity index (χ3n) is 11.5. The molecule has 4 aromatic rings. The van der Waals surface area contributed by atoms with Gasteiger partial charge in [0, 0.05) is 33.7 Å². The van der Waals surface area contributed by atoms with E-state index in [1.807, 2.05) is 67.6 Å². The van der Waals surface area contributed by atoms with Gasteiger partial charge in [0.05, 0.1) is 57.5 Å². The number of aliphatic hydroxyl groups is 1. The number of halogens is 1. The van der Waals surface area contributed by atoms with Crippen LogP contribution in [-0.2, 0) is 39.4 Å². The van der Waals surface area contributed by atoms with E-state index in [1.165, 1.54) is 12.1 Å². The van der Waals surface area contributed by atoms with Crippen LogP contribution in [0.4, 0.5) is 11.4 Å². The molecule has 0 aliphatic carbocycles. The number of carbonyl (C=O) groups is 2. The van der Waals surface area contributed by atoms with Crippen LogP contribution in [0.25, 0.3) is 0 Å². The summed E-state index contributed by atoms with van der Waals surface area (Å²) in [7, 11) is -0.972. The number of non-ortho nitro benzene ring substituents is 1. The molecule has 5 atom stereocenters. The van der Waals surface area contributed by atoms with Crippen LogP contribution < -0.4 is 14.8 Å². The van der Waals surface area contributed by atoms with Crippen LogP contribution in [0.1, 0.15) is 35.6 Å². The predicted octanol–water partition coefficient (Wildman–Crippen LogP) is 6.31. The van der Waals surface area contributed by atoms with Gasteiger partial charge in [-0.25, -0.2) is 0 Å². The minimum atomic E-state index is -2.60. The summed E-state index contributed by atoms with van der Waals surface area (Å²) >= 11 is 2.24. The van der Waals surface area contributed by atoms with Crippen molar-refractivity contribution in [2.24, 2.45) is 5.92 Å². The number of nitro benzene ring substituents is 1. The largest absolute Gasteiger partial charge is 0.497 e. The molecule has 1 fully saturated rings. The molecule has 7 rings (SSSR count). The highest BCUT2D eigenvalue weighted by Crippen LogP contribution is 2.60. The number of fused-ring (bicyclic) bond motifs is 3. The normalized spacial score (nSPS) is 23.8. The first kappa shape index (κ1) is 36.3. The lowest BCUT2D eigenvalue weighted by Crippen LogP contribution is -2.52. The number of ether oxygens (including phenoxy) is 2. The van der Waals surface area contributed by atoms with E-state index in [-0.39, 0.29) is 48.7 Å². The predicted molar refractivity (Wildman–Crippen MR) is 209 cm³/mol. The number of nitro groups is 1. The third-order valence-corrected chi connectivity index (χ3v) is 16.6. The first-order chi connectivity index (χ1) is 24.9. The van der Waals surface area contributed by atoms with Crippen LogP contribution in [0.15, 0.2) is 91.0 Å². The third kappa shape index (κ3) is 6.12. The Kier molecular flexibility index (Phi) is 9.78. The Balaban J connectivity index is 1.33. The number of methoxy groups -OCH3 is 1. The van der Waals surface area contributed by atoms with E-state index in [0.717, 1.165) is 31.2 Å². The molecule has 12 heteroatoms. The van der Waals surface area contributed by atoms with E-state index in [0.29, 0.717) is 24.2 Å². The first-order valence-electron chi connectivity index (χ1n) is 17.5. The van der Waals surface area contributed by atoms with Crippen molar-refractivity contribution in [1.82, 2.24) is 4.90 Å². The van der Waals surface area contributed by atoms with Crippen molar-refractivity contribution in [3.8, 4) is 5.75 Å². The summed E-state index contributed by atoms with van der Waals surface area (Å²) < 4.78 is 13.7. The van der Waals surface area contributed by atoms with Crippen molar-refractivity contribution in [2.45, 2.75) is 69.2 Å². The quantitative estimate of drug-likeness (QED) is 0.0909. The standard InChI is InChI=1S/C40H42IN3O7Si/c1-25-38(52(3,4)33-16-14-32(50-2)15-17-33)36(21-37(46)42-23-28-8-6-5-7-27(28)19-31(42)24-45)51-40(25)34-20-30(44(48)49)13-18-35(34)43(39(40)47)22-26-9-11-29(41)12-10-26/h5-18,20,25,31,36,38,45H,19,21-24H2,1-4H3/t25-,31+,36+,38-,40+/m1/s1. The van der Waals surface area contributed by atoms with Gasteiger partial charge < -0.3 is 24.4 Å². The average molecular weight is 832 g/mol. The molecule has 0 radical (unpaired) electrons. The Hall–Kier alpha value is -4.11. The molecule has 10 nitrogen and oxygen atoms in total. The molecule has 2 amide bonds. The number of benzene rings is 4. The fourth-order valence-corrected chi connectivity index (χ4v) is 13.2. The lowest BCUT2D eigenvalue weighted by Gasteiger charge is -2.39. The minimum Gasteiger partial charge on any atom is -0.497 e. The molecule has 4 aromatic carbocycles. The summed E-state index contributed by atoms with van der Waals surface area (Å²) in [6.07, 6.45) is -0.142. The second-order valence-electron chi connectivity index (χ2n) is 14.7. The van der Waals surface area contributed by atoms with Gasteiger partial charge in [0.15, 0.2) is 5.60 Å². The number of nitrogens with zero attached hydrogens (tertiary/aromatic N) is 3. The molecule has 270 valence electrons. The smallest absolute Gasteiger partial charge is 0.269 e.